The molecule has 1 saturated heterocycles. The molecule has 1 unspecified atom stereocenters. The number of likely N-dealkylation sites (tertiary alicyclic amines) is 1. The highest BCUT2D eigenvalue weighted by atomic mass is 19.1. The number of benzene rings is 1. The molecule has 2 aromatic rings. The normalized spacial score (nSPS) is 17.0. The minimum absolute atomic E-state index is 0.195. The number of nitrogens with one attached hydrogen (secondary N) is 1. The second kappa shape index (κ2) is 8.46. The van der Waals surface area contributed by atoms with Crippen molar-refractivity contribution >= 4 is 11.8 Å². The van der Waals surface area contributed by atoms with Crippen LogP contribution in [-0.4, -0.2) is 45.6 Å². The Morgan fingerprint density at radius 3 is 2.50 bits per heavy atom. The maximum atomic E-state index is 15.6. The SMILES string of the molecule is CC(=O)NC(F)(Cc1ccccc1)C(=O)N1CCC(c2cncc(C)n2)CC1. The minimum Gasteiger partial charge on any atom is -0.338 e. The van der Waals surface area contributed by atoms with E-state index in [0.29, 0.717) is 31.5 Å². The molecular weight excluding hydrogens is 359 g/mol. The molecule has 0 aliphatic carbocycles. The van der Waals surface area contributed by atoms with Crippen molar-refractivity contribution < 1.29 is 14.0 Å². The van der Waals surface area contributed by atoms with E-state index >= 15 is 4.39 Å². The molecule has 1 aromatic heterocycles. The number of aromatic nitrogens is 2. The van der Waals surface area contributed by atoms with Crippen molar-refractivity contribution in [1.29, 1.82) is 0 Å². The number of carbonyl (C=O) groups excluding carboxylic acids is 2. The third-order valence-corrected chi connectivity index (χ3v) is 4.98. The molecule has 0 radical (unpaired) electrons. The molecule has 1 aliphatic heterocycles. The fourth-order valence-electron chi connectivity index (χ4n) is 3.64. The number of halogens is 1. The highest BCUT2D eigenvalue weighted by Gasteiger charge is 2.43. The zero-order valence-electron chi connectivity index (χ0n) is 16.2. The van der Waals surface area contributed by atoms with Crippen molar-refractivity contribution in [3.63, 3.8) is 0 Å². The van der Waals surface area contributed by atoms with Gasteiger partial charge in [0.15, 0.2) is 0 Å². The van der Waals surface area contributed by atoms with Crippen LogP contribution in [0.25, 0.3) is 0 Å². The maximum Gasteiger partial charge on any atom is 0.281 e. The molecule has 1 aromatic carbocycles. The third-order valence-electron chi connectivity index (χ3n) is 4.98. The molecule has 0 spiro atoms. The molecule has 0 bridgehead atoms. The molecule has 148 valence electrons. The van der Waals surface area contributed by atoms with Crippen LogP contribution in [0.3, 0.4) is 0 Å². The number of rotatable bonds is 5. The summed E-state index contributed by atoms with van der Waals surface area (Å²) < 4.78 is 15.6. The predicted octanol–water partition coefficient (Wildman–Crippen LogP) is 2.54. The summed E-state index contributed by atoms with van der Waals surface area (Å²) in [7, 11) is 0. The van der Waals surface area contributed by atoms with E-state index < -0.39 is 17.6 Å². The van der Waals surface area contributed by atoms with Gasteiger partial charge in [-0.1, -0.05) is 30.3 Å². The van der Waals surface area contributed by atoms with Gasteiger partial charge < -0.3 is 10.2 Å². The largest absolute Gasteiger partial charge is 0.338 e. The highest BCUT2D eigenvalue weighted by Crippen LogP contribution is 2.28. The zero-order chi connectivity index (χ0) is 20.1. The number of aryl methyl sites for hydroxylation is 1. The third kappa shape index (κ3) is 4.71. The van der Waals surface area contributed by atoms with Gasteiger partial charge in [0.2, 0.25) is 5.91 Å². The first-order valence-corrected chi connectivity index (χ1v) is 9.47. The lowest BCUT2D eigenvalue weighted by Gasteiger charge is -2.36. The topological polar surface area (TPSA) is 75.2 Å². The van der Waals surface area contributed by atoms with Gasteiger partial charge in [-0.05, 0) is 25.3 Å². The number of carbonyl (C=O) groups is 2. The number of hydrogen-bond acceptors (Lipinski definition) is 4. The first-order valence-electron chi connectivity index (χ1n) is 9.47. The van der Waals surface area contributed by atoms with Gasteiger partial charge in [0.1, 0.15) is 0 Å². The van der Waals surface area contributed by atoms with Gasteiger partial charge in [-0.3, -0.25) is 19.6 Å². The fourth-order valence-corrected chi connectivity index (χ4v) is 3.64. The second-order valence-electron chi connectivity index (χ2n) is 7.30. The molecule has 1 atom stereocenters. The lowest BCUT2D eigenvalue weighted by Crippen LogP contribution is -2.58. The monoisotopic (exact) mass is 384 g/mol. The Morgan fingerprint density at radius 2 is 1.89 bits per heavy atom. The van der Waals surface area contributed by atoms with Gasteiger partial charge in [-0.15, -0.1) is 0 Å². The molecular formula is C21H25FN4O2. The Balaban J connectivity index is 1.70. The molecule has 1 fully saturated rings. The van der Waals surface area contributed by atoms with Gasteiger partial charge in [0.25, 0.3) is 11.7 Å². The van der Waals surface area contributed by atoms with Crippen LogP contribution in [0.5, 0.6) is 0 Å². The Kier molecular flexibility index (Phi) is 6.02. The van der Waals surface area contributed by atoms with E-state index in [0.717, 1.165) is 11.4 Å². The summed E-state index contributed by atoms with van der Waals surface area (Å²) in [5.74, 6) is -3.53. The molecule has 0 saturated carbocycles. The quantitative estimate of drug-likeness (QED) is 0.804. The van der Waals surface area contributed by atoms with E-state index in [2.05, 4.69) is 15.3 Å². The van der Waals surface area contributed by atoms with Crippen molar-refractivity contribution in [3.8, 4) is 0 Å². The molecule has 2 amide bonds. The summed E-state index contributed by atoms with van der Waals surface area (Å²) >= 11 is 0. The van der Waals surface area contributed by atoms with E-state index in [1.807, 2.05) is 13.0 Å². The number of piperidine rings is 1. The lowest BCUT2D eigenvalue weighted by atomic mass is 9.92. The summed E-state index contributed by atoms with van der Waals surface area (Å²) in [5, 5.41) is 2.23. The average Bonchev–Trinajstić information content (AvgIpc) is 2.67. The minimum atomic E-state index is -2.46. The predicted molar refractivity (Wildman–Crippen MR) is 103 cm³/mol. The van der Waals surface area contributed by atoms with Crippen LogP contribution in [-0.2, 0) is 16.0 Å². The molecule has 7 heteroatoms. The Bertz CT molecular complexity index is 837. The fraction of sp³-hybridized carbons (Fsp3) is 0.429. The molecule has 28 heavy (non-hydrogen) atoms. The maximum absolute atomic E-state index is 15.6. The summed E-state index contributed by atoms with van der Waals surface area (Å²) in [6.07, 6.45) is 4.63. The Hall–Kier alpha value is -2.83. The standard InChI is InChI=1S/C21H25FN4O2/c1-15-13-23-14-19(24-15)18-8-10-26(11-9-18)20(28)21(22,25-16(2)27)12-17-6-4-3-5-7-17/h3-7,13-14,18H,8-12H2,1-2H3,(H,25,27). The summed E-state index contributed by atoms with van der Waals surface area (Å²) in [6, 6.07) is 8.87. The Morgan fingerprint density at radius 1 is 1.21 bits per heavy atom. The van der Waals surface area contributed by atoms with Crippen molar-refractivity contribution in [2.24, 2.45) is 0 Å². The Labute approximate surface area is 164 Å². The van der Waals surface area contributed by atoms with Crippen molar-refractivity contribution in [2.45, 2.75) is 44.8 Å². The van der Waals surface area contributed by atoms with E-state index in [1.165, 1.54) is 11.8 Å². The van der Waals surface area contributed by atoms with E-state index in [4.69, 9.17) is 0 Å². The van der Waals surface area contributed by atoms with Crippen molar-refractivity contribution in [3.05, 3.63) is 59.7 Å². The van der Waals surface area contributed by atoms with E-state index in [-0.39, 0.29) is 12.3 Å². The molecule has 2 heterocycles. The smallest absolute Gasteiger partial charge is 0.281 e. The van der Waals surface area contributed by atoms with Gasteiger partial charge >= 0.3 is 0 Å². The van der Waals surface area contributed by atoms with Crippen LogP contribution < -0.4 is 5.32 Å². The highest BCUT2D eigenvalue weighted by molar-refractivity contribution is 5.89. The number of amides is 2. The van der Waals surface area contributed by atoms with Gasteiger partial charge in [0.05, 0.1) is 11.4 Å². The van der Waals surface area contributed by atoms with Crippen LogP contribution in [0, 0.1) is 6.92 Å². The van der Waals surface area contributed by atoms with Gasteiger partial charge in [0, 0.05) is 44.7 Å². The zero-order valence-corrected chi connectivity index (χ0v) is 16.2. The first kappa shape index (κ1) is 19.9. The molecule has 1 N–H and O–H groups in total. The van der Waals surface area contributed by atoms with E-state index in [9.17, 15) is 9.59 Å². The second-order valence-corrected chi connectivity index (χ2v) is 7.30. The van der Waals surface area contributed by atoms with Gasteiger partial charge in [-0.25, -0.2) is 4.39 Å². The lowest BCUT2D eigenvalue weighted by molar-refractivity contribution is -0.151. The van der Waals surface area contributed by atoms with Gasteiger partial charge in [-0.2, -0.15) is 0 Å². The first-order chi connectivity index (χ1) is 13.4. The average molecular weight is 384 g/mol. The van der Waals surface area contributed by atoms with Crippen molar-refractivity contribution in [2.75, 3.05) is 13.1 Å². The molecule has 1 aliphatic rings. The summed E-state index contributed by atoms with van der Waals surface area (Å²) in [6.45, 7) is 3.94. The number of hydrogen-bond donors (Lipinski definition) is 1. The molecule has 6 nitrogen and oxygen atoms in total. The van der Waals surface area contributed by atoms with Crippen LogP contribution >= 0.6 is 0 Å². The summed E-state index contributed by atoms with van der Waals surface area (Å²) in [5.41, 5.74) is 2.41. The van der Waals surface area contributed by atoms with Crippen LogP contribution in [0.15, 0.2) is 42.7 Å². The summed E-state index contributed by atoms with van der Waals surface area (Å²) in [4.78, 5) is 34.7. The number of alkyl halides is 1. The van der Waals surface area contributed by atoms with Crippen molar-refractivity contribution in [1.82, 2.24) is 20.2 Å². The van der Waals surface area contributed by atoms with Crippen LogP contribution in [0.1, 0.15) is 42.6 Å². The number of nitrogens with zero attached hydrogens (tertiary/aromatic N) is 3. The molecule has 3 rings (SSSR count). The van der Waals surface area contributed by atoms with Crippen LogP contribution in [0.4, 0.5) is 4.39 Å². The van der Waals surface area contributed by atoms with E-state index in [1.54, 1.807) is 36.7 Å². The van der Waals surface area contributed by atoms with Crippen LogP contribution in [0.2, 0.25) is 0 Å².